The zero-order valence-corrected chi connectivity index (χ0v) is 19.9. The molecule has 2 aromatic rings. The molecule has 0 bridgehead atoms. The first-order valence-corrected chi connectivity index (χ1v) is 12.6. The van der Waals surface area contributed by atoms with Crippen LogP contribution in [0.1, 0.15) is 60.6 Å². The van der Waals surface area contributed by atoms with E-state index in [4.69, 9.17) is 4.74 Å². The van der Waals surface area contributed by atoms with Crippen molar-refractivity contribution in [2.45, 2.75) is 44.6 Å². The van der Waals surface area contributed by atoms with E-state index in [0.29, 0.717) is 11.1 Å². The Morgan fingerprint density at radius 2 is 1.18 bits per heavy atom. The summed E-state index contributed by atoms with van der Waals surface area (Å²) < 4.78 is 5.76. The van der Waals surface area contributed by atoms with Crippen LogP contribution in [0.3, 0.4) is 0 Å². The maximum absolute atomic E-state index is 11.9. The first-order valence-electron chi connectivity index (χ1n) is 12.6. The normalized spacial score (nSPS) is 18.2. The molecule has 4 rings (SSSR count). The predicted molar refractivity (Wildman–Crippen MR) is 134 cm³/mol. The minimum absolute atomic E-state index is 0.271. The average molecular weight is 453 g/mol. The zero-order valence-electron chi connectivity index (χ0n) is 19.9. The van der Waals surface area contributed by atoms with Crippen molar-refractivity contribution in [2.75, 3.05) is 52.5 Å². The fourth-order valence-corrected chi connectivity index (χ4v) is 4.40. The number of ether oxygens (including phenoxy) is 1. The van der Waals surface area contributed by atoms with Gasteiger partial charge in [-0.15, -0.1) is 0 Å². The lowest BCUT2D eigenvalue weighted by molar-refractivity contribution is 0.0738. The highest BCUT2D eigenvalue weighted by atomic mass is 16.5. The van der Waals surface area contributed by atoms with Gasteiger partial charge in [0.1, 0.15) is 6.10 Å². The summed E-state index contributed by atoms with van der Waals surface area (Å²) in [7, 11) is 0. The Labute approximate surface area is 199 Å². The van der Waals surface area contributed by atoms with E-state index in [0.717, 1.165) is 26.3 Å². The lowest BCUT2D eigenvalue weighted by Crippen LogP contribution is -2.35. The van der Waals surface area contributed by atoms with Gasteiger partial charge in [0.05, 0.1) is 13.2 Å². The summed E-state index contributed by atoms with van der Waals surface area (Å²) in [5.74, 6) is -0.271. The van der Waals surface area contributed by atoms with Crippen LogP contribution in [0.2, 0.25) is 0 Å². The van der Waals surface area contributed by atoms with Crippen LogP contribution in [0.5, 0.6) is 0 Å². The monoisotopic (exact) mass is 452 g/mol. The molecule has 0 spiro atoms. The molecule has 2 fully saturated rings. The van der Waals surface area contributed by atoms with Crippen molar-refractivity contribution >= 4 is 5.78 Å². The van der Waals surface area contributed by atoms with Crippen molar-refractivity contribution < 1.29 is 14.6 Å². The smallest absolute Gasteiger partial charge is 0.195 e. The Morgan fingerprint density at radius 1 is 0.727 bits per heavy atom. The fourth-order valence-electron chi connectivity index (χ4n) is 4.40. The van der Waals surface area contributed by atoms with E-state index in [9.17, 15) is 9.90 Å². The van der Waals surface area contributed by atoms with Gasteiger partial charge in [0.2, 0.25) is 0 Å². The zero-order chi connectivity index (χ0) is 23.1. The molecule has 1 unspecified atom stereocenters. The molecular formula is C28H40N2O3. The lowest BCUT2D eigenvalue weighted by atomic mass is 10.0. The number of carbonyl (C=O) groups excluding carboxylic acids is 1. The van der Waals surface area contributed by atoms with Crippen molar-refractivity contribution in [3.8, 4) is 0 Å². The molecule has 2 aliphatic rings. The molecule has 0 aliphatic carbocycles. The Balaban J connectivity index is 0.000000186. The van der Waals surface area contributed by atoms with Gasteiger partial charge in [0.15, 0.2) is 5.78 Å². The molecule has 5 nitrogen and oxygen atoms in total. The Hall–Kier alpha value is -2.05. The van der Waals surface area contributed by atoms with E-state index in [1.54, 1.807) is 48.5 Å². The maximum Gasteiger partial charge on any atom is 0.195 e. The summed E-state index contributed by atoms with van der Waals surface area (Å²) in [4.78, 5) is 17.0. The van der Waals surface area contributed by atoms with Gasteiger partial charge in [-0.25, -0.2) is 0 Å². The van der Waals surface area contributed by atoms with Gasteiger partial charge >= 0.3 is 0 Å². The van der Waals surface area contributed by atoms with E-state index in [-0.39, 0.29) is 5.78 Å². The SMILES string of the molecule is C1CCN(CCOCCN2CCCCC2)CC1.O=C(c1ccccc1)C(O)c1ccccc1. The number of hydrogen-bond donors (Lipinski definition) is 1. The van der Waals surface area contributed by atoms with Crippen molar-refractivity contribution in [3.05, 3.63) is 71.8 Å². The number of Topliss-reactive ketones (excluding diaryl/α,β-unsaturated/α-hetero) is 1. The second kappa shape index (κ2) is 15.0. The standard InChI is InChI=1S/C14H28N2O.C14H12O2/c1-3-7-15(8-4-1)11-13-17-14-12-16-9-5-2-6-10-16;15-13(11-7-3-1-4-8-11)14(16)12-9-5-2-6-10-12/h1-14H2;1-10,13,15H. The van der Waals surface area contributed by atoms with Crippen molar-refractivity contribution in [1.82, 2.24) is 9.80 Å². The van der Waals surface area contributed by atoms with Gasteiger partial charge in [-0.05, 0) is 57.4 Å². The van der Waals surface area contributed by atoms with Gasteiger partial charge in [0, 0.05) is 18.7 Å². The van der Waals surface area contributed by atoms with E-state index >= 15 is 0 Å². The van der Waals surface area contributed by atoms with E-state index in [2.05, 4.69) is 9.80 Å². The molecule has 2 aliphatic heterocycles. The molecule has 0 aromatic heterocycles. The average Bonchev–Trinajstić information content (AvgIpc) is 2.90. The topological polar surface area (TPSA) is 53.0 Å². The maximum atomic E-state index is 11.9. The minimum Gasteiger partial charge on any atom is -0.380 e. The third kappa shape index (κ3) is 9.38. The second-order valence-electron chi connectivity index (χ2n) is 8.96. The highest BCUT2D eigenvalue weighted by Gasteiger charge is 2.18. The Bertz CT molecular complexity index is 752. The number of nitrogens with zero attached hydrogens (tertiary/aromatic N) is 2. The Kier molecular flexibility index (Phi) is 11.6. The molecule has 2 saturated heterocycles. The highest BCUT2D eigenvalue weighted by Crippen LogP contribution is 2.17. The number of rotatable bonds is 9. The van der Waals surface area contributed by atoms with Crippen molar-refractivity contribution in [1.29, 1.82) is 0 Å². The van der Waals surface area contributed by atoms with Gasteiger partial charge in [0.25, 0.3) is 0 Å². The number of carbonyl (C=O) groups is 1. The first-order chi connectivity index (χ1) is 16.2. The van der Waals surface area contributed by atoms with Gasteiger partial charge in [-0.2, -0.15) is 0 Å². The van der Waals surface area contributed by atoms with Gasteiger partial charge < -0.3 is 19.6 Å². The quantitative estimate of drug-likeness (QED) is 0.446. The van der Waals surface area contributed by atoms with Crippen molar-refractivity contribution in [2.24, 2.45) is 0 Å². The van der Waals surface area contributed by atoms with Crippen LogP contribution in [0.4, 0.5) is 0 Å². The molecule has 1 atom stereocenters. The van der Waals surface area contributed by atoms with Crippen LogP contribution in [0.15, 0.2) is 60.7 Å². The van der Waals surface area contributed by atoms with Crippen molar-refractivity contribution in [3.63, 3.8) is 0 Å². The molecule has 0 amide bonds. The van der Waals surface area contributed by atoms with Crippen LogP contribution in [-0.4, -0.2) is 73.2 Å². The number of benzene rings is 2. The third-order valence-electron chi connectivity index (χ3n) is 6.42. The second-order valence-corrected chi connectivity index (χ2v) is 8.96. The van der Waals surface area contributed by atoms with Gasteiger partial charge in [-0.1, -0.05) is 73.5 Å². The van der Waals surface area contributed by atoms with Crippen LogP contribution in [0.25, 0.3) is 0 Å². The molecule has 33 heavy (non-hydrogen) atoms. The molecule has 1 N–H and O–H groups in total. The summed E-state index contributed by atoms with van der Waals surface area (Å²) in [6, 6.07) is 17.7. The number of aliphatic hydroxyl groups excluding tert-OH is 1. The summed E-state index contributed by atoms with van der Waals surface area (Å²) in [5, 5.41) is 9.89. The fraction of sp³-hybridized carbons (Fsp3) is 0.536. The van der Waals surface area contributed by atoms with E-state index in [1.807, 2.05) is 12.1 Å². The summed E-state index contributed by atoms with van der Waals surface area (Å²) in [5.41, 5.74) is 1.15. The largest absolute Gasteiger partial charge is 0.380 e. The number of likely N-dealkylation sites (tertiary alicyclic amines) is 2. The highest BCUT2D eigenvalue weighted by molar-refractivity contribution is 5.99. The molecule has 0 saturated carbocycles. The Morgan fingerprint density at radius 3 is 1.67 bits per heavy atom. The van der Waals surface area contributed by atoms with Crippen LogP contribution < -0.4 is 0 Å². The number of ketones is 1. The van der Waals surface area contributed by atoms with Crippen LogP contribution in [-0.2, 0) is 4.74 Å². The number of piperidine rings is 2. The molecule has 0 radical (unpaired) electrons. The molecule has 5 heteroatoms. The van der Waals surface area contributed by atoms with Gasteiger partial charge in [-0.3, -0.25) is 4.79 Å². The molecule has 2 aromatic carbocycles. The van der Waals surface area contributed by atoms with E-state index in [1.165, 1.54) is 64.7 Å². The lowest BCUT2D eigenvalue weighted by Gasteiger charge is -2.27. The summed E-state index contributed by atoms with van der Waals surface area (Å²) >= 11 is 0. The third-order valence-corrected chi connectivity index (χ3v) is 6.42. The summed E-state index contributed by atoms with van der Waals surface area (Å²) in [6.45, 7) is 9.28. The summed E-state index contributed by atoms with van der Waals surface area (Å²) in [6.07, 6.45) is 7.30. The van der Waals surface area contributed by atoms with E-state index < -0.39 is 6.10 Å². The molecular weight excluding hydrogens is 412 g/mol. The first kappa shape index (κ1) is 25.6. The number of aliphatic hydroxyl groups is 1. The predicted octanol–water partition coefficient (Wildman–Crippen LogP) is 4.58. The number of hydrogen-bond acceptors (Lipinski definition) is 5. The van der Waals surface area contributed by atoms with Crippen LogP contribution in [0, 0.1) is 0 Å². The molecule has 180 valence electrons. The minimum atomic E-state index is -1.08. The molecule has 2 heterocycles. The van der Waals surface area contributed by atoms with Crippen LogP contribution >= 0.6 is 0 Å².